The predicted octanol–water partition coefficient (Wildman–Crippen LogP) is 3.49. The highest BCUT2D eigenvalue weighted by atomic mass is 16.6. The largest absolute Gasteiger partial charge is 0.434 e. The Bertz CT molecular complexity index is 624. The second kappa shape index (κ2) is 5.56. The first-order valence-corrected chi connectivity index (χ1v) is 6.16. The van der Waals surface area contributed by atoms with E-state index in [2.05, 4.69) is 18.8 Å². The number of ether oxygens (including phenoxy) is 1. The Balaban J connectivity index is 2.29. The van der Waals surface area contributed by atoms with Crippen molar-refractivity contribution >= 4 is 11.5 Å². The van der Waals surface area contributed by atoms with E-state index in [1.165, 1.54) is 12.1 Å². The van der Waals surface area contributed by atoms with Crippen molar-refractivity contribution in [2.24, 2.45) is 0 Å². The van der Waals surface area contributed by atoms with Crippen molar-refractivity contribution < 1.29 is 9.66 Å². The molecule has 0 aliphatic heterocycles. The van der Waals surface area contributed by atoms with Gasteiger partial charge >= 0.3 is 11.6 Å². The Labute approximate surface area is 116 Å². The number of hydrogen-bond acceptors (Lipinski definition) is 5. The first-order valence-electron chi connectivity index (χ1n) is 6.16. The lowest BCUT2D eigenvalue weighted by Gasteiger charge is -2.08. The van der Waals surface area contributed by atoms with Crippen molar-refractivity contribution in [1.29, 1.82) is 0 Å². The van der Waals surface area contributed by atoms with Crippen LogP contribution in [0.1, 0.15) is 25.3 Å². The molecule has 0 bridgehead atoms. The van der Waals surface area contributed by atoms with E-state index in [9.17, 15) is 10.1 Å². The van der Waals surface area contributed by atoms with Crippen LogP contribution in [-0.4, -0.2) is 9.91 Å². The first-order chi connectivity index (χ1) is 9.47. The fraction of sp³-hybridized carbons (Fsp3) is 0.214. The minimum atomic E-state index is -0.551. The van der Waals surface area contributed by atoms with Crippen LogP contribution in [0.3, 0.4) is 0 Å². The monoisotopic (exact) mass is 273 g/mol. The molecule has 0 atom stereocenters. The summed E-state index contributed by atoms with van der Waals surface area (Å²) in [7, 11) is 0. The summed E-state index contributed by atoms with van der Waals surface area (Å²) < 4.78 is 5.45. The molecule has 20 heavy (non-hydrogen) atoms. The van der Waals surface area contributed by atoms with Gasteiger partial charge in [-0.15, -0.1) is 0 Å². The molecule has 6 heteroatoms. The van der Waals surface area contributed by atoms with Crippen LogP contribution in [0.4, 0.5) is 11.5 Å². The molecule has 2 aromatic rings. The fourth-order valence-corrected chi connectivity index (χ4v) is 1.69. The minimum Gasteiger partial charge on any atom is -0.434 e. The maximum atomic E-state index is 10.9. The van der Waals surface area contributed by atoms with Gasteiger partial charge in [-0.05, 0) is 29.7 Å². The molecular formula is C14H15N3O3. The van der Waals surface area contributed by atoms with Gasteiger partial charge in [0.25, 0.3) is 0 Å². The van der Waals surface area contributed by atoms with E-state index in [0.717, 1.165) is 5.56 Å². The summed E-state index contributed by atoms with van der Waals surface area (Å²) in [4.78, 5) is 14.2. The summed E-state index contributed by atoms with van der Waals surface area (Å²) in [5.41, 5.74) is 6.48. The molecule has 1 aromatic heterocycles. The number of nitrogen functional groups attached to an aromatic ring is 1. The number of nitrogens with zero attached hydrogens (tertiary/aromatic N) is 2. The lowest BCUT2D eigenvalue weighted by Crippen LogP contribution is -1.99. The number of anilines is 1. The summed E-state index contributed by atoms with van der Waals surface area (Å²) in [5, 5.41) is 10.9. The maximum Gasteiger partial charge on any atom is 0.331 e. The Morgan fingerprint density at radius 1 is 1.20 bits per heavy atom. The summed E-state index contributed by atoms with van der Waals surface area (Å²) in [5.74, 6) is 0.955. The average Bonchev–Trinajstić information content (AvgIpc) is 2.39. The topological polar surface area (TPSA) is 91.3 Å². The molecule has 1 heterocycles. The lowest BCUT2D eigenvalue weighted by atomic mass is 10.0. The first kappa shape index (κ1) is 13.8. The van der Waals surface area contributed by atoms with Crippen molar-refractivity contribution in [3.8, 4) is 11.6 Å². The zero-order valence-corrected chi connectivity index (χ0v) is 11.2. The van der Waals surface area contributed by atoms with Gasteiger partial charge in [-0.2, -0.15) is 4.98 Å². The number of nitrogens with two attached hydrogens (primary N) is 1. The molecule has 0 aliphatic carbocycles. The smallest absolute Gasteiger partial charge is 0.331 e. The third-order valence-electron chi connectivity index (χ3n) is 2.82. The average molecular weight is 273 g/mol. The van der Waals surface area contributed by atoms with Gasteiger partial charge in [0.15, 0.2) is 0 Å². The molecule has 0 radical (unpaired) electrons. The number of benzene rings is 1. The molecular weight excluding hydrogens is 258 g/mol. The van der Waals surface area contributed by atoms with Crippen LogP contribution in [0.5, 0.6) is 11.6 Å². The highest BCUT2D eigenvalue weighted by Gasteiger charge is 2.17. The van der Waals surface area contributed by atoms with Crippen molar-refractivity contribution in [2.45, 2.75) is 19.8 Å². The Kier molecular flexibility index (Phi) is 3.84. The zero-order valence-electron chi connectivity index (χ0n) is 11.2. The quantitative estimate of drug-likeness (QED) is 0.680. The third-order valence-corrected chi connectivity index (χ3v) is 2.82. The van der Waals surface area contributed by atoms with Crippen LogP contribution in [0, 0.1) is 10.1 Å². The highest BCUT2D eigenvalue weighted by Crippen LogP contribution is 2.30. The fourth-order valence-electron chi connectivity index (χ4n) is 1.69. The van der Waals surface area contributed by atoms with Gasteiger partial charge in [-0.1, -0.05) is 26.0 Å². The summed E-state index contributed by atoms with van der Waals surface area (Å²) >= 11 is 0. The third kappa shape index (κ3) is 3.03. The van der Waals surface area contributed by atoms with Crippen LogP contribution < -0.4 is 10.5 Å². The number of pyridine rings is 1. The minimum absolute atomic E-state index is 0.104. The Morgan fingerprint density at radius 2 is 1.85 bits per heavy atom. The molecule has 2 rings (SSSR count). The molecule has 0 unspecified atom stereocenters. The molecule has 2 N–H and O–H groups in total. The van der Waals surface area contributed by atoms with Crippen LogP contribution >= 0.6 is 0 Å². The molecule has 0 saturated carbocycles. The van der Waals surface area contributed by atoms with Gasteiger partial charge in [-0.25, -0.2) is 0 Å². The molecule has 104 valence electrons. The molecule has 0 spiro atoms. The van der Waals surface area contributed by atoms with Gasteiger partial charge in [0.2, 0.25) is 0 Å². The van der Waals surface area contributed by atoms with Crippen molar-refractivity contribution in [1.82, 2.24) is 4.98 Å². The van der Waals surface area contributed by atoms with Crippen LogP contribution in [-0.2, 0) is 0 Å². The normalized spacial score (nSPS) is 10.6. The van der Waals surface area contributed by atoms with E-state index in [4.69, 9.17) is 10.5 Å². The molecule has 0 fully saturated rings. The second-order valence-electron chi connectivity index (χ2n) is 4.64. The van der Waals surface area contributed by atoms with Gasteiger partial charge < -0.3 is 10.5 Å². The summed E-state index contributed by atoms with van der Waals surface area (Å²) in [6.07, 6.45) is 0. The summed E-state index contributed by atoms with van der Waals surface area (Å²) in [6.45, 7) is 4.17. The predicted molar refractivity (Wildman–Crippen MR) is 75.9 cm³/mol. The van der Waals surface area contributed by atoms with E-state index in [1.54, 1.807) is 12.1 Å². The van der Waals surface area contributed by atoms with Gasteiger partial charge in [0.1, 0.15) is 11.6 Å². The molecule has 0 saturated heterocycles. The van der Waals surface area contributed by atoms with Crippen LogP contribution in [0.15, 0.2) is 36.4 Å². The number of rotatable bonds is 4. The Hall–Kier alpha value is -2.63. The molecule has 6 nitrogen and oxygen atoms in total. The zero-order chi connectivity index (χ0) is 14.7. The molecule has 0 amide bonds. The second-order valence-corrected chi connectivity index (χ2v) is 4.64. The van der Waals surface area contributed by atoms with Crippen LogP contribution in [0.2, 0.25) is 0 Å². The van der Waals surface area contributed by atoms with E-state index in [1.807, 2.05) is 12.1 Å². The SMILES string of the molecule is CC(C)c1ccc(Oc2nc(N)ccc2[N+](=O)[O-])cc1. The standard InChI is InChI=1S/C14H15N3O3/c1-9(2)10-3-5-11(6-4-10)20-14-12(17(18)19)7-8-13(15)16-14/h3-9H,1-2H3,(H2,15,16). The van der Waals surface area contributed by atoms with Gasteiger partial charge in [0.05, 0.1) is 4.92 Å². The van der Waals surface area contributed by atoms with Gasteiger partial charge in [-0.3, -0.25) is 10.1 Å². The van der Waals surface area contributed by atoms with Crippen molar-refractivity contribution in [2.75, 3.05) is 5.73 Å². The molecule has 0 aliphatic rings. The van der Waals surface area contributed by atoms with E-state index < -0.39 is 4.92 Å². The van der Waals surface area contributed by atoms with Crippen molar-refractivity contribution in [3.05, 3.63) is 52.1 Å². The summed E-state index contributed by atoms with van der Waals surface area (Å²) in [6, 6.07) is 9.98. The highest BCUT2D eigenvalue weighted by molar-refractivity contribution is 5.48. The number of aromatic nitrogens is 1. The Morgan fingerprint density at radius 3 is 2.40 bits per heavy atom. The number of hydrogen-bond donors (Lipinski definition) is 1. The number of nitro groups is 1. The van der Waals surface area contributed by atoms with E-state index >= 15 is 0 Å². The maximum absolute atomic E-state index is 10.9. The van der Waals surface area contributed by atoms with E-state index in [-0.39, 0.29) is 17.4 Å². The van der Waals surface area contributed by atoms with E-state index in [0.29, 0.717) is 11.7 Å². The molecule has 1 aromatic carbocycles. The van der Waals surface area contributed by atoms with Crippen LogP contribution in [0.25, 0.3) is 0 Å². The van der Waals surface area contributed by atoms with Crippen molar-refractivity contribution in [3.63, 3.8) is 0 Å². The lowest BCUT2D eigenvalue weighted by molar-refractivity contribution is -0.386. The van der Waals surface area contributed by atoms with Gasteiger partial charge in [0, 0.05) is 6.07 Å².